The number of hydrogen-bond acceptors (Lipinski definition) is 2. The van der Waals surface area contributed by atoms with E-state index in [1.54, 1.807) is 0 Å². The van der Waals surface area contributed by atoms with Gasteiger partial charge in [0.25, 0.3) is 0 Å². The molecule has 2 aliphatic rings. The summed E-state index contributed by atoms with van der Waals surface area (Å²) in [4.78, 5) is 0. The average Bonchev–Trinajstić information content (AvgIpc) is 2.47. The Bertz CT molecular complexity index is 137. The Morgan fingerprint density at radius 3 is 2.42 bits per heavy atom. The molecular weight excluding hydrogens is 148 g/mol. The Morgan fingerprint density at radius 2 is 1.92 bits per heavy atom. The van der Waals surface area contributed by atoms with Gasteiger partial charge in [0.2, 0.25) is 0 Å². The Morgan fingerprint density at radius 1 is 1.25 bits per heavy atom. The maximum absolute atomic E-state index is 3.70. The molecule has 1 atom stereocenters. The van der Waals surface area contributed by atoms with Crippen LogP contribution < -0.4 is 10.6 Å². The molecule has 0 spiro atoms. The zero-order valence-electron chi connectivity index (χ0n) is 7.97. The molecule has 12 heavy (non-hydrogen) atoms. The highest BCUT2D eigenvalue weighted by Crippen LogP contribution is 2.27. The maximum atomic E-state index is 3.70. The fraction of sp³-hybridized carbons (Fsp3) is 1.00. The molecule has 0 bridgehead atoms. The van der Waals surface area contributed by atoms with E-state index in [1.807, 2.05) is 0 Å². The van der Waals surface area contributed by atoms with Gasteiger partial charge in [0, 0.05) is 25.2 Å². The molecule has 0 aromatic carbocycles. The predicted molar refractivity (Wildman–Crippen MR) is 51.2 cm³/mol. The predicted octanol–water partition coefficient (Wildman–Crippen LogP) is 1.13. The molecule has 0 amide bonds. The van der Waals surface area contributed by atoms with Crippen molar-refractivity contribution in [2.24, 2.45) is 5.92 Å². The van der Waals surface area contributed by atoms with Gasteiger partial charge in [0.15, 0.2) is 0 Å². The Labute approximate surface area is 75.1 Å². The van der Waals surface area contributed by atoms with Crippen molar-refractivity contribution in [2.75, 3.05) is 13.1 Å². The fourth-order valence-corrected chi connectivity index (χ4v) is 2.37. The quantitative estimate of drug-likeness (QED) is 0.660. The van der Waals surface area contributed by atoms with E-state index in [0.29, 0.717) is 0 Å². The summed E-state index contributed by atoms with van der Waals surface area (Å²) in [7, 11) is 0. The van der Waals surface area contributed by atoms with Crippen LogP contribution in [0.15, 0.2) is 0 Å². The third-order valence-electron chi connectivity index (χ3n) is 3.39. The van der Waals surface area contributed by atoms with Gasteiger partial charge < -0.3 is 10.6 Å². The molecule has 1 aliphatic heterocycles. The molecule has 70 valence electrons. The molecule has 2 fully saturated rings. The molecule has 2 heteroatoms. The molecule has 1 aliphatic carbocycles. The van der Waals surface area contributed by atoms with Crippen molar-refractivity contribution in [3.05, 3.63) is 0 Å². The first-order chi connectivity index (χ1) is 5.86. The lowest BCUT2D eigenvalue weighted by atomic mass is 9.98. The molecule has 1 heterocycles. The van der Waals surface area contributed by atoms with Gasteiger partial charge in [0.1, 0.15) is 0 Å². The van der Waals surface area contributed by atoms with Gasteiger partial charge in [-0.1, -0.05) is 12.8 Å². The summed E-state index contributed by atoms with van der Waals surface area (Å²) in [5.74, 6) is 0.964. The van der Waals surface area contributed by atoms with Gasteiger partial charge >= 0.3 is 0 Å². The summed E-state index contributed by atoms with van der Waals surface area (Å²) in [5.41, 5.74) is 0. The highest BCUT2D eigenvalue weighted by atomic mass is 15.1. The zero-order chi connectivity index (χ0) is 8.39. The second-order valence-electron chi connectivity index (χ2n) is 4.36. The highest BCUT2D eigenvalue weighted by molar-refractivity contribution is 4.87. The standard InChI is InChI=1S/C10H20N2/c1-8(9-4-2-3-5-9)12-10-6-11-7-10/h8-12H,2-7H2,1H3/t8-/m1/s1. The van der Waals surface area contributed by atoms with Crippen LogP contribution in [0.2, 0.25) is 0 Å². The van der Waals surface area contributed by atoms with E-state index in [0.717, 1.165) is 18.0 Å². The van der Waals surface area contributed by atoms with Crippen molar-refractivity contribution in [1.82, 2.24) is 10.6 Å². The van der Waals surface area contributed by atoms with Crippen molar-refractivity contribution in [2.45, 2.75) is 44.7 Å². The molecule has 0 unspecified atom stereocenters. The van der Waals surface area contributed by atoms with Crippen molar-refractivity contribution >= 4 is 0 Å². The Kier molecular flexibility index (Phi) is 2.66. The van der Waals surface area contributed by atoms with Gasteiger partial charge in [-0.2, -0.15) is 0 Å². The summed E-state index contributed by atoms with van der Waals surface area (Å²) >= 11 is 0. The third-order valence-corrected chi connectivity index (χ3v) is 3.39. The van der Waals surface area contributed by atoms with E-state index >= 15 is 0 Å². The minimum Gasteiger partial charge on any atom is -0.314 e. The third kappa shape index (κ3) is 1.80. The van der Waals surface area contributed by atoms with E-state index in [4.69, 9.17) is 0 Å². The first-order valence-electron chi connectivity index (χ1n) is 5.33. The van der Waals surface area contributed by atoms with Crippen LogP contribution in [0, 0.1) is 5.92 Å². The molecule has 0 aromatic rings. The average molecular weight is 168 g/mol. The summed E-state index contributed by atoms with van der Waals surface area (Å²) in [5, 5.41) is 6.99. The van der Waals surface area contributed by atoms with Crippen molar-refractivity contribution in [1.29, 1.82) is 0 Å². The first kappa shape index (κ1) is 8.52. The molecule has 2 rings (SSSR count). The summed E-state index contributed by atoms with van der Waals surface area (Å²) in [6, 6.07) is 1.51. The van der Waals surface area contributed by atoms with Gasteiger partial charge in [-0.25, -0.2) is 0 Å². The van der Waals surface area contributed by atoms with Crippen LogP contribution in [0.1, 0.15) is 32.6 Å². The van der Waals surface area contributed by atoms with E-state index < -0.39 is 0 Å². The molecule has 1 saturated heterocycles. The number of nitrogens with one attached hydrogen (secondary N) is 2. The summed E-state index contributed by atoms with van der Waals surface area (Å²) in [6.07, 6.45) is 5.82. The van der Waals surface area contributed by atoms with Crippen LogP contribution in [0.5, 0.6) is 0 Å². The topological polar surface area (TPSA) is 24.1 Å². The lowest BCUT2D eigenvalue weighted by Gasteiger charge is -2.33. The van der Waals surface area contributed by atoms with Crippen molar-refractivity contribution in [3.8, 4) is 0 Å². The normalized spacial score (nSPS) is 28.8. The van der Waals surface area contributed by atoms with Crippen LogP contribution in [0.25, 0.3) is 0 Å². The monoisotopic (exact) mass is 168 g/mol. The highest BCUT2D eigenvalue weighted by Gasteiger charge is 2.25. The largest absolute Gasteiger partial charge is 0.314 e. The number of rotatable bonds is 3. The lowest BCUT2D eigenvalue weighted by molar-refractivity contribution is 0.285. The molecular formula is C10H20N2. The van der Waals surface area contributed by atoms with Crippen LogP contribution in [-0.2, 0) is 0 Å². The Hall–Kier alpha value is -0.0800. The molecule has 1 saturated carbocycles. The van der Waals surface area contributed by atoms with Gasteiger partial charge in [-0.05, 0) is 25.7 Å². The van der Waals surface area contributed by atoms with E-state index in [1.165, 1.54) is 38.8 Å². The molecule has 2 N–H and O–H groups in total. The SMILES string of the molecule is C[C@@H](NC1CNC1)C1CCCC1. The van der Waals surface area contributed by atoms with Gasteiger partial charge in [0.05, 0.1) is 0 Å². The van der Waals surface area contributed by atoms with E-state index in [2.05, 4.69) is 17.6 Å². The minimum atomic E-state index is 0.750. The van der Waals surface area contributed by atoms with Crippen LogP contribution in [0.4, 0.5) is 0 Å². The van der Waals surface area contributed by atoms with Crippen molar-refractivity contribution < 1.29 is 0 Å². The van der Waals surface area contributed by atoms with Gasteiger partial charge in [-0.3, -0.25) is 0 Å². The first-order valence-corrected chi connectivity index (χ1v) is 5.33. The van der Waals surface area contributed by atoms with E-state index in [9.17, 15) is 0 Å². The molecule has 2 nitrogen and oxygen atoms in total. The fourth-order valence-electron chi connectivity index (χ4n) is 2.37. The second kappa shape index (κ2) is 3.75. The minimum absolute atomic E-state index is 0.750. The smallest absolute Gasteiger partial charge is 0.0319 e. The Balaban J connectivity index is 1.71. The zero-order valence-corrected chi connectivity index (χ0v) is 7.97. The summed E-state index contributed by atoms with van der Waals surface area (Å²) < 4.78 is 0. The summed E-state index contributed by atoms with van der Waals surface area (Å²) in [6.45, 7) is 4.71. The lowest BCUT2D eigenvalue weighted by Crippen LogP contribution is -2.58. The maximum Gasteiger partial charge on any atom is 0.0319 e. The number of hydrogen-bond donors (Lipinski definition) is 2. The van der Waals surface area contributed by atoms with E-state index in [-0.39, 0.29) is 0 Å². The molecule has 0 radical (unpaired) electrons. The van der Waals surface area contributed by atoms with Gasteiger partial charge in [-0.15, -0.1) is 0 Å². The van der Waals surface area contributed by atoms with Crippen LogP contribution in [-0.4, -0.2) is 25.2 Å². The van der Waals surface area contributed by atoms with Crippen LogP contribution >= 0.6 is 0 Å². The van der Waals surface area contributed by atoms with Crippen LogP contribution in [0.3, 0.4) is 0 Å². The molecule has 0 aromatic heterocycles. The second-order valence-corrected chi connectivity index (χ2v) is 4.36. The van der Waals surface area contributed by atoms with Crippen molar-refractivity contribution in [3.63, 3.8) is 0 Å².